The van der Waals surface area contributed by atoms with Crippen molar-refractivity contribution in [2.24, 2.45) is 0 Å². The number of benzene rings is 2. The summed E-state index contributed by atoms with van der Waals surface area (Å²) < 4.78 is 5.18. The molecule has 0 spiro atoms. The molecule has 1 aromatic heterocycles. The third-order valence-electron chi connectivity index (χ3n) is 4.33. The van der Waals surface area contributed by atoms with Crippen molar-refractivity contribution in [3.63, 3.8) is 0 Å². The van der Waals surface area contributed by atoms with Crippen molar-refractivity contribution in [2.45, 2.75) is 26.3 Å². The van der Waals surface area contributed by atoms with Crippen LogP contribution in [0.15, 0.2) is 48.7 Å². The zero-order valence-electron chi connectivity index (χ0n) is 13.9. The Labute approximate surface area is 137 Å². The first-order chi connectivity index (χ1) is 11.3. The van der Waals surface area contributed by atoms with Gasteiger partial charge in [0.05, 0.1) is 7.11 Å². The molecule has 0 aliphatic rings. The van der Waals surface area contributed by atoms with Crippen LogP contribution < -0.4 is 10.1 Å². The Bertz CT molecular complexity index is 759. The molecule has 120 valence electrons. The Morgan fingerprint density at radius 3 is 2.61 bits per heavy atom. The number of rotatable bonds is 7. The number of hydrogen-bond donors (Lipinski definition) is 2. The molecule has 0 radical (unpaired) electrons. The maximum Gasteiger partial charge on any atom is 0.118 e. The quantitative estimate of drug-likeness (QED) is 0.646. The average molecular weight is 308 g/mol. The van der Waals surface area contributed by atoms with Crippen molar-refractivity contribution in [3.8, 4) is 5.75 Å². The number of fused-ring (bicyclic) bond motifs is 1. The molecule has 0 atom stereocenters. The predicted molar refractivity (Wildman–Crippen MR) is 96.1 cm³/mol. The number of hydrogen-bond acceptors (Lipinski definition) is 2. The fourth-order valence-corrected chi connectivity index (χ4v) is 2.96. The van der Waals surface area contributed by atoms with Gasteiger partial charge >= 0.3 is 0 Å². The van der Waals surface area contributed by atoms with Gasteiger partial charge in [-0.1, -0.05) is 37.3 Å². The topological polar surface area (TPSA) is 37.0 Å². The summed E-state index contributed by atoms with van der Waals surface area (Å²) in [5, 5.41) is 4.88. The van der Waals surface area contributed by atoms with Crippen LogP contribution in [0.25, 0.3) is 10.9 Å². The number of aromatic nitrogens is 1. The molecule has 3 rings (SSSR count). The molecule has 2 N–H and O–H groups in total. The van der Waals surface area contributed by atoms with Gasteiger partial charge in [0.25, 0.3) is 0 Å². The highest BCUT2D eigenvalue weighted by Gasteiger charge is 2.06. The summed E-state index contributed by atoms with van der Waals surface area (Å²) in [7, 11) is 1.70. The first kappa shape index (κ1) is 15.6. The summed E-state index contributed by atoms with van der Waals surface area (Å²) in [6, 6.07) is 14.8. The van der Waals surface area contributed by atoms with E-state index in [0.717, 1.165) is 31.7 Å². The highest BCUT2D eigenvalue weighted by molar-refractivity contribution is 5.86. The molecule has 0 saturated carbocycles. The van der Waals surface area contributed by atoms with Crippen LogP contribution in [0.5, 0.6) is 5.75 Å². The van der Waals surface area contributed by atoms with Gasteiger partial charge in [-0.05, 0) is 48.2 Å². The van der Waals surface area contributed by atoms with E-state index >= 15 is 0 Å². The summed E-state index contributed by atoms with van der Waals surface area (Å²) in [5.41, 5.74) is 5.32. The molecular weight excluding hydrogens is 284 g/mol. The second kappa shape index (κ2) is 7.34. The third kappa shape index (κ3) is 3.57. The third-order valence-corrected chi connectivity index (χ3v) is 4.33. The largest absolute Gasteiger partial charge is 0.497 e. The van der Waals surface area contributed by atoms with E-state index in [1.807, 2.05) is 12.1 Å². The Balaban J connectivity index is 1.56. The number of aromatic amines is 1. The number of H-pyrrole nitrogens is 1. The number of aryl methyl sites for hydroxylation is 1. The number of methoxy groups -OCH3 is 1. The van der Waals surface area contributed by atoms with Crippen LogP contribution in [0.2, 0.25) is 0 Å². The first-order valence-corrected chi connectivity index (χ1v) is 8.23. The van der Waals surface area contributed by atoms with Gasteiger partial charge in [-0.2, -0.15) is 0 Å². The number of para-hydroxylation sites is 1. The maximum atomic E-state index is 5.18. The van der Waals surface area contributed by atoms with Gasteiger partial charge in [-0.15, -0.1) is 0 Å². The minimum Gasteiger partial charge on any atom is -0.497 e. The molecule has 0 bridgehead atoms. The van der Waals surface area contributed by atoms with Crippen molar-refractivity contribution in [2.75, 3.05) is 13.7 Å². The SMILES string of the molecule is CCc1cccc2c(CNCCc3ccc(OC)cc3)c[nH]c12. The van der Waals surface area contributed by atoms with E-state index in [1.165, 1.54) is 27.6 Å². The molecule has 2 aromatic carbocycles. The van der Waals surface area contributed by atoms with Gasteiger partial charge in [0, 0.05) is 23.6 Å². The molecule has 3 aromatic rings. The molecule has 3 heteroatoms. The standard InChI is InChI=1S/C20H24N2O/c1-3-16-5-4-6-19-17(14-22-20(16)19)13-21-12-11-15-7-9-18(23-2)10-8-15/h4-10,14,21-22H,3,11-13H2,1-2H3. The van der Waals surface area contributed by atoms with Crippen molar-refractivity contribution >= 4 is 10.9 Å². The Morgan fingerprint density at radius 2 is 1.87 bits per heavy atom. The van der Waals surface area contributed by atoms with E-state index in [0.29, 0.717) is 0 Å². The smallest absolute Gasteiger partial charge is 0.118 e. The summed E-state index contributed by atoms with van der Waals surface area (Å²) in [4.78, 5) is 3.43. The lowest BCUT2D eigenvalue weighted by atomic mass is 10.1. The summed E-state index contributed by atoms with van der Waals surface area (Å²) in [6.07, 6.45) is 4.21. The van der Waals surface area contributed by atoms with Crippen LogP contribution in [0, 0.1) is 0 Å². The molecule has 0 fully saturated rings. The van der Waals surface area contributed by atoms with Gasteiger partial charge in [0.1, 0.15) is 5.75 Å². The maximum absolute atomic E-state index is 5.18. The van der Waals surface area contributed by atoms with Gasteiger partial charge in [0.15, 0.2) is 0 Å². The van der Waals surface area contributed by atoms with Crippen LogP contribution in [-0.4, -0.2) is 18.6 Å². The Kier molecular flexibility index (Phi) is 4.99. The summed E-state index contributed by atoms with van der Waals surface area (Å²) in [5.74, 6) is 0.909. The van der Waals surface area contributed by atoms with E-state index < -0.39 is 0 Å². The Hall–Kier alpha value is -2.26. The van der Waals surface area contributed by atoms with Crippen molar-refractivity contribution in [1.29, 1.82) is 0 Å². The lowest BCUT2D eigenvalue weighted by Crippen LogP contribution is -2.16. The van der Waals surface area contributed by atoms with Crippen LogP contribution >= 0.6 is 0 Å². The van der Waals surface area contributed by atoms with E-state index in [4.69, 9.17) is 4.74 Å². The molecule has 23 heavy (non-hydrogen) atoms. The Morgan fingerprint density at radius 1 is 1.04 bits per heavy atom. The zero-order valence-corrected chi connectivity index (χ0v) is 13.9. The fraction of sp³-hybridized carbons (Fsp3) is 0.300. The van der Waals surface area contributed by atoms with E-state index in [-0.39, 0.29) is 0 Å². The van der Waals surface area contributed by atoms with Crippen molar-refractivity contribution in [1.82, 2.24) is 10.3 Å². The van der Waals surface area contributed by atoms with E-state index in [9.17, 15) is 0 Å². The molecule has 0 aliphatic heterocycles. The van der Waals surface area contributed by atoms with Gasteiger partial charge < -0.3 is 15.0 Å². The monoisotopic (exact) mass is 308 g/mol. The summed E-state index contributed by atoms with van der Waals surface area (Å²) in [6.45, 7) is 4.05. The van der Waals surface area contributed by atoms with Gasteiger partial charge in [0.2, 0.25) is 0 Å². The normalized spacial score (nSPS) is 11.0. The van der Waals surface area contributed by atoms with Crippen LogP contribution in [0.4, 0.5) is 0 Å². The van der Waals surface area contributed by atoms with Crippen LogP contribution in [-0.2, 0) is 19.4 Å². The fourth-order valence-electron chi connectivity index (χ4n) is 2.96. The molecule has 3 nitrogen and oxygen atoms in total. The summed E-state index contributed by atoms with van der Waals surface area (Å²) >= 11 is 0. The average Bonchev–Trinajstić information content (AvgIpc) is 3.02. The molecule has 0 aliphatic carbocycles. The van der Waals surface area contributed by atoms with Crippen LogP contribution in [0.3, 0.4) is 0 Å². The van der Waals surface area contributed by atoms with Crippen molar-refractivity contribution in [3.05, 3.63) is 65.4 Å². The first-order valence-electron chi connectivity index (χ1n) is 8.23. The van der Waals surface area contributed by atoms with E-state index in [2.05, 4.69) is 53.8 Å². The zero-order chi connectivity index (χ0) is 16.1. The number of ether oxygens (including phenoxy) is 1. The van der Waals surface area contributed by atoms with E-state index in [1.54, 1.807) is 7.11 Å². The lowest BCUT2D eigenvalue weighted by Gasteiger charge is -2.06. The van der Waals surface area contributed by atoms with Gasteiger partial charge in [-0.3, -0.25) is 0 Å². The number of nitrogens with one attached hydrogen (secondary N) is 2. The van der Waals surface area contributed by atoms with Gasteiger partial charge in [-0.25, -0.2) is 0 Å². The highest BCUT2D eigenvalue weighted by Crippen LogP contribution is 2.22. The highest BCUT2D eigenvalue weighted by atomic mass is 16.5. The minimum atomic E-state index is 0.892. The minimum absolute atomic E-state index is 0.892. The molecule has 0 unspecified atom stereocenters. The molecule has 1 heterocycles. The van der Waals surface area contributed by atoms with Crippen molar-refractivity contribution < 1.29 is 4.74 Å². The second-order valence-corrected chi connectivity index (χ2v) is 5.78. The predicted octanol–water partition coefficient (Wildman–Crippen LogP) is 4.07. The molecule has 0 saturated heterocycles. The second-order valence-electron chi connectivity index (χ2n) is 5.78. The lowest BCUT2D eigenvalue weighted by molar-refractivity contribution is 0.414. The van der Waals surface area contributed by atoms with Crippen LogP contribution in [0.1, 0.15) is 23.6 Å². The molecule has 0 amide bonds. The molecular formula is C20H24N2O.